The van der Waals surface area contributed by atoms with Crippen molar-refractivity contribution in [3.63, 3.8) is 0 Å². The van der Waals surface area contributed by atoms with Crippen LogP contribution in [0.1, 0.15) is 28.7 Å². The van der Waals surface area contributed by atoms with Crippen LogP contribution in [0, 0.1) is 0 Å². The second-order valence-electron chi connectivity index (χ2n) is 5.55. The highest BCUT2D eigenvalue weighted by Gasteiger charge is 2.02. The maximum absolute atomic E-state index is 5.68. The standard InChI is InChI=1S/C23H24O2/c1-5-20-8-12-22(13-9-20)18(3)24-16-7-17-25-19(4)23-14-10-21(6-2)11-15-23/h5-6,8-15H,1-4,7,16-17H2. The van der Waals surface area contributed by atoms with E-state index in [1.807, 2.05) is 60.7 Å². The van der Waals surface area contributed by atoms with Crippen LogP contribution in [0.25, 0.3) is 23.7 Å². The predicted molar refractivity (Wildman–Crippen MR) is 108 cm³/mol. The zero-order valence-corrected chi connectivity index (χ0v) is 14.5. The molecule has 2 nitrogen and oxygen atoms in total. The minimum Gasteiger partial charge on any atom is -0.493 e. The minimum atomic E-state index is 0.546. The number of rotatable bonds is 10. The Bertz CT molecular complexity index is 671. The molecule has 0 aliphatic rings. The Kier molecular flexibility index (Phi) is 6.85. The van der Waals surface area contributed by atoms with Gasteiger partial charge in [-0.3, -0.25) is 0 Å². The summed E-state index contributed by atoms with van der Waals surface area (Å²) >= 11 is 0. The Morgan fingerprint density at radius 3 is 1.36 bits per heavy atom. The molecule has 0 amide bonds. The van der Waals surface area contributed by atoms with Crippen LogP contribution >= 0.6 is 0 Å². The molecule has 0 heterocycles. The highest BCUT2D eigenvalue weighted by atomic mass is 16.5. The molecule has 0 aromatic heterocycles. The lowest BCUT2D eigenvalue weighted by Crippen LogP contribution is -2.00. The lowest BCUT2D eigenvalue weighted by Gasteiger charge is -2.12. The molecule has 2 aromatic rings. The van der Waals surface area contributed by atoms with Crippen molar-refractivity contribution >= 4 is 23.7 Å². The van der Waals surface area contributed by atoms with Crippen molar-refractivity contribution in [2.75, 3.05) is 13.2 Å². The SMILES string of the molecule is C=Cc1ccc(C(=C)OCCCOC(=C)c2ccc(C=C)cc2)cc1. The molecule has 0 spiro atoms. The summed E-state index contributed by atoms with van der Waals surface area (Å²) in [7, 11) is 0. The summed E-state index contributed by atoms with van der Waals surface area (Å²) in [6.07, 6.45) is 4.37. The number of benzene rings is 2. The summed E-state index contributed by atoms with van der Waals surface area (Å²) in [4.78, 5) is 0. The fourth-order valence-electron chi connectivity index (χ4n) is 2.23. The molecule has 0 aliphatic carbocycles. The van der Waals surface area contributed by atoms with E-state index in [1.165, 1.54) is 0 Å². The van der Waals surface area contributed by atoms with E-state index in [4.69, 9.17) is 9.47 Å². The lowest BCUT2D eigenvalue weighted by molar-refractivity contribution is 0.210. The Labute approximate surface area is 150 Å². The third kappa shape index (κ3) is 5.54. The van der Waals surface area contributed by atoms with Gasteiger partial charge in [-0.15, -0.1) is 0 Å². The van der Waals surface area contributed by atoms with E-state index >= 15 is 0 Å². The van der Waals surface area contributed by atoms with E-state index in [9.17, 15) is 0 Å². The average molecular weight is 332 g/mol. The van der Waals surface area contributed by atoms with Crippen molar-refractivity contribution in [3.8, 4) is 0 Å². The molecule has 0 radical (unpaired) electrons. The molecule has 0 atom stereocenters. The first-order valence-corrected chi connectivity index (χ1v) is 8.23. The van der Waals surface area contributed by atoms with E-state index in [0.29, 0.717) is 24.7 Å². The van der Waals surface area contributed by atoms with Crippen molar-refractivity contribution in [1.29, 1.82) is 0 Å². The van der Waals surface area contributed by atoms with E-state index in [2.05, 4.69) is 26.3 Å². The van der Waals surface area contributed by atoms with Crippen molar-refractivity contribution in [3.05, 3.63) is 97.1 Å². The summed E-state index contributed by atoms with van der Waals surface area (Å²) in [6.45, 7) is 16.5. The zero-order valence-electron chi connectivity index (χ0n) is 14.5. The summed E-state index contributed by atoms with van der Waals surface area (Å²) in [6, 6.07) is 15.9. The molecule has 2 aromatic carbocycles. The van der Waals surface area contributed by atoms with Crippen molar-refractivity contribution < 1.29 is 9.47 Å². The summed E-state index contributed by atoms with van der Waals surface area (Å²) in [5, 5.41) is 0. The minimum absolute atomic E-state index is 0.546. The van der Waals surface area contributed by atoms with Gasteiger partial charge < -0.3 is 9.47 Å². The molecule has 2 rings (SSSR count). The maximum atomic E-state index is 5.68. The molecule has 0 N–H and O–H groups in total. The lowest BCUT2D eigenvalue weighted by atomic mass is 10.1. The van der Waals surface area contributed by atoms with Crippen LogP contribution < -0.4 is 0 Å². The Morgan fingerprint density at radius 1 is 0.680 bits per heavy atom. The van der Waals surface area contributed by atoms with Gasteiger partial charge >= 0.3 is 0 Å². The Balaban J connectivity index is 1.69. The Morgan fingerprint density at radius 2 is 1.04 bits per heavy atom. The predicted octanol–water partition coefficient (Wildman–Crippen LogP) is 6.04. The van der Waals surface area contributed by atoms with Gasteiger partial charge in [-0.05, 0) is 11.1 Å². The molecule has 25 heavy (non-hydrogen) atoms. The fraction of sp³-hybridized carbons (Fsp3) is 0.130. The number of hydrogen-bond acceptors (Lipinski definition) is 2. The van der Waals surface area contributed by atoms with Gasteiger partial charge in [0.1, 0.15) is 11.5 Å². The topological polar surface area (TPSA) is 18.5 Å². The van der Waals surface area contributed by atoms with Crippen molar-refractivity contribution in [1.82, 2.24) is 0 Å². The van der Waals surface area contributed by atoms with Crippen LogP contribution in [-0.2, 0) is 9.47 Å². The molecular weight excluding hydrogens is 308 g/mol. The average Bonchev–Trinajstić information content (AvgIpc) is 2.67. The van der Waals surface area contributed by atoms with Crippen LogP contribution in [0.4, 0.5) is 0 Å². The van der Waals surface area contributed by atoms with Gasteiger partial charge in [0.2, 0.25) is 0 Å². The smallest absolute Gasteiger partial charge is 0.119 e. The molecular formula is C23H24O2. The second kappa shape index (κ2) is 9.33. The first kappa shape index (κ1) is 18.3. The monoisotopic (exact) mass is 332 g/mol. The largest absolute Gasteiger partial charge is 0.493 e. The van der Waals surface area contributed by atoms with Crippen molar-refractivity contribution in [2.45, 2.75) is 6.42 Å². The van der Waals surface area contributed by atoms with Crippen LogP contribution in [0.5, 0.6) is 0 Å². The third-order valence-corrected chi connectivity index (χ3v) is 3.78. The van der Waals surface area contributed by atoms with Crippen LogP contribution in [0.2, 0.25) is 0 Å². The van der Waals surface area contributed by atoms with Gasteiger partial charge in [0.25, 0.3) is 0 Å². The zero-order chi connectivity index (χ0) is 18.1. The highest BCUT2D eigenvalue weighted by Crippen LogP contribution is 2.17. The maximum Gasteiger partial charge on any atom is 0.119 e. The van der Waals surface area contributed by atoms with Crippen LogP contribution in [0.15, 0.2) is 74.8 Å². The number of ether oxygens (including phenoxy) is 2. The molecule has 2 heteroatoms. The molecule has 0 saturated heterocycles. The molecule has 0 fully saturated rings. The molecule has 0 unspecified atom stereocenters. The van der Waals surface area contributed by atoms with Gasteiger partial charge in [0.05, 0.1) is 13.2 Å². The van der Waals surface area contributed by atoms with Crippen LogP contribution in [0.3, 0.4) is 0 Å². The first-order valence-electron chi connectivity index (χ1n) is 8.23. The molecule has 0 saturated carbocycles. The second-order valence-corrected chi connectivity index (χ2v) is 5.55. The molecule has 0 aliphatic heterocycles. The van der Waals surface area contributed by atoms with Gasteiger partial charge in [-0.1, -0.05) is 87.0 Å². The first-order chi connectivity index (χ1) is 12.1. The highest BCUT2D eigenvalue weighted by molar-refractivity contribution is 5.61. The van der Waals surface area contributed by atoms with E-state index in [-0.39, 0.29) is 0 Å². The molecule has 0 bridgehead atoms. The third-order valence-electron chi connectivity index (χ3n) is 3.78. The van der Waals surface area contributed by atoms with Gasteiger partial charge in [0, 0.05) is 17.5 Å². The van der Waals surface area contributed by atoms with Gasteiger partial charge in [-0.2, -0.15) is 0 Å². The van der Waals surface area contributed by atoms with E-state index in [0.717, 1.165) is 28.7 Å². The quantitative estimate of drug-likeness (QED) is 0.390. The van der Waals surface area contributed by atoms with E-state index in [1.54, 1.807) is 0 Å². The normalized spacial score (nSPS) is 9.92. The van der Waals surface area contributed by atoms with Crippen LogP contribution in [-0.4, -0.2) is 13.2 Å². The fourth-order valence-corrected chi connectivity index (χ4v) is 2.23. The van der Waals surface area contributed by atoms with Gasteiger partial charge in [-0.25, -0.2) is 0 Å². The van der Waals surface area contributed by atoms with E-state index < -0.39 is 0 Å². The summed E-state index contributed by atoms with van der Waals surface area (Å²) in [5.41, 5.74) is 4.09. The summed E-state index contributed by atoms with van der Waals surface area (Å²) in [5.74, 6) is 1.32. The number of hydrogen-bond donors (Lipinski definition) is 0. The summed E-state index contributed by atoms with van der Waals surface area (Å²) < 4.78 is 11.4. The molecule has 128 valence electrons. The Hall–Kier alpha value is -3.00. The van der Waals surface area contributed by atoms with Crippen molar-refractivity contribution in [2.24, 2.45) is 0 Å². The van der Waals surface area contributed by atoms with Gasteiger partial charge in [0.15, 0.2) is 0 Å².